The summed E-state index contributed by atoms with van der Waals surface area (Å²) >= 11 is 6.39. The van der Waals surface area contributed by atoms with Gasteiger partial charge >= 0.3 is 0 Å². The van der Waals surface area contributed by atoms with Gasteiger partial charge in [-0.3, -0.25) is 4.79 Å². The number of halogens is 1. The number of ether oxygens (including phenoxy) is 1. The summed E-state index contributed by atoms with van der Waals surface area (Å²) in [6.45, 7) is 8.52. The first kappa shape index (κ1) is 22.3. The normalized spacial score (nSPS) is 14.0. The molecule has 7 heteroatoms. The van der Waals surface area contributed by atoms with E-state index in [9.17, 15) is 4.79 Å². The van der Waals surface area contributed by atoms with Gasteiger partial charge in [0, 0.05) is 18.5 Å². The lowest BCUT2D eigenvalue weighted by molar-refractivity contribution is 0.0937. The van der Waals surface area contributed by atoms with E-state index in [-0.39, 0.29) is 5.91 Å². The number of hydrogen-bond donors (Lipinski definition) is 3. The lowest BCUT2D eigenvalue weighted by Gasteiger charge is -2.18. The lowest BCUT2D eigenvalue weighted by atomic mass is 9.98. The Morgan fingerprint density at radius 1 is 1.12 bits per heavy atom. The standard InChI is InChI=1S/C27H27ClN4O2/c1-15-5-8-17(9-6-15)14-29-25(33)18-12-22-23(19-13-27(3,4)34-24(18)19)32-26(31-22)30-21-10-7-16(2)11-20(21)28/h5-12H,13-14H2,1-4H3,(H,29,33)(H2,30,31,32). The molecule has 0 radical (unpaired) electrons. The minimum atomic E-state index is -0.415. The quantitative estimate of drug-likeness (QED) is 0.321. The number of nitrogens with zero attached hydrogens (tertiary/aromatic N) is 1. The van der Waals surface area contributed by atoms with Crippen molar-refractivity contribution in [1.29, 1.82) is 0 Å². The molecule has 1 aromatic heterocycles. The maximum atomic E-state index is 13.2. The van der Waals surface area contributed by atoms with Crippen LogP contribution in [-0.4, -0.2) is 21.5 Å². The highest BCUT2D eigenvalue weighted by Gasteiger charge is 2.36. The number of nitrogens with one attached hydrogen (secondary N) is 3. The van der Waals surface area contributed by atoms with Crippen molar-refractivity contribution in [2.24, 2.45) is 0 Å². The summed E-state index contributed by atoms with van der Waals surface area (Å²) in [6.07, 6.45) is 0.671. The molecule has 4 aromatic rings. The number of H-pyrrole nitrogens is 1. The second kappa shape index (κ2) is 8.37. The Balaban J connectivity index is 1.48. The Bertz CT molecular complexity index is 1410. The fraction of sp³-hybridized carbons (Fsp3) is 0.259. The number of hydrogen-bond acceptors (Lipinski definition) is 4. The van der Waals surface area contributed by atoms with Gasteiger partial charge in [0.1, 0.15) is 11.4 Å². The molecule has 0 fully saturated rings. The number of imidazole rings is 1. The van der Waals surface area contributed by atoms with Crippen LogP contribution in [0, 0.1) is 13.8 Å². The number of aryl methyl sites for hydroxylation is 2. The molecule has 3 aromatic carbocycles. The molecule has 34 heavy (non-hydrogen) atoms. The summed E-state index contributed by atoms with van der Waals surface area (Å²) in [5.41, 5.74) is 6.66. The topological polar surface area (TPSA) is 79.0 Å². The fourth-order valence-corrected chi connectivity index (χ4v) is 4.57. The predicted molar refractivity (Wildman–Crippen MR) is 136 cm³/mol. The molecule has 1 amide bonds. The van der Waals surface area contributed by atoms with Crippen LogP contribution in [0.25, 0.3) is 11.0 Å². The molecular formula is C27H27ClN4O2. The summed E-state index contributed by atoms with van der Waals surface area (Å²) in [4.78, 5) is 21.3. The van der Waals surface area contributed by atoms with Gasteiger partial charge in [0.25, 0.3) is 5.91 Å². The number of fused-ring (bicyclic) bond motifs is 3. The van der Waals surface area contributed by atoms with Gasteiger partial charge in [0.15, 0.2) is 0 Å². The molecule has 3 N–H and O–H groups in total. The number of carbonyl (C=O) groups is 1. The largest absolute Gasteiger partial charge is 0.486 e. The van der Waals surface area contributed by atoms with Gasteiger partial charge < -0.3 is 20.4 Å². The first-order valence-electron chi connectivity index (χ1n) is 11.3. The van der Waals surface area contributed by atoms with Crippen LogP contribution in [0.5, 0.6) is 5.75 Å². The minimum absolute atomic E-state index is 0.185. The van der Waals surface area contributed by atoms with Crippen LogP contribution in [0.4, 0.5) is 11.6 Å². The second-order valence-electron chi connectivity index (χ2n) is 9.53. The Morgan fingerprint density at radius 2 is 1.85 bits per heavy atom. The van der Waals surface area contributed by atoms with Crippen LogP contribution >= 0.6 is 11.6 Å². The third kappa shape index (κ3) is 4.33. The van der Waals surface area contributed by atoms with Crippen molar-refractivity contribution in [1.82, 2.24) is 15.3 Å². The molecule has 1 aliphatic heterocycles. The number of benzene rings is 3. The van der Waals surface area contributed by atoms with Gasteiger partial charge in [-0.2, -0.15) is 0 Å². The van der Waals surface area contributed by atoms with E-state index in [1.54, 1.807) is 6.07 Å². The highest BCUT2D eigenvalue weighted by molar-refractivity contribution is 6.33. The minimum Gasteiger partial charge on any atom is -0.486 e. The summed E-state index contributed by atoms with van der Waals surface area (Å²) in [7, 11) is 0. The smallest absolute Gasteiger partial charge is 0.255 e. The van der Waals surface area contributed by atoms with E-state index < -0.39 is 5.60 Å². The molecule has 0 spiro atoms. The SMILES string of the molecule is Cc1ccc(CNC(=O)c2cc3nc(Nc4ccc(C)cc4Cl)[nH]c3c3c2OC(C)(C)C3)cc1. The molecule has 5 rings (SSSR count). The molecule has 174 valence electrons. The van der Waals surface area contributed by atoms with Crippen molar-refractivity contribution in [3.8, 4) is 5.75 Å². The van der Waals surface area contributed by atoms with Crippen molar-refractivity contribution >= 4 is 40.2 Å². The lowest BCUT2D eigenvalue weighted by Crippen LogP contribution is -2.26. The van der Waals surface area contributed by atoms with E-state index in [4.69, 9.17) is 21.3 Å². The number of amides is 1. The highest BCUT2D eigenvalue weighted by atomic mass is 35.5. The van der Waals surface area contributed by atoms with Crippen molar-refractivity contribution in [2.75, 3.05) is 5.32 Å². The Labute approximate surface area is 203 Å². The Hall–Kier alpha value is -3.51. The van der Waals surface area contributed by atoms with Crippen LogP contribution in [-0.2, 0) is 13.0 Å². The molecule has 6 nitrogen and oxygen atoms in total. The zero-order valence-electron chi connectivity index (χ0n) is 19.7. The molecule has 0 saturated carbocycles. The van der Waals surface area contributed by atoms with Crippen molar-refractivity contribution in [2.45, 2.75) is 46.3 Å². The molecule has 0 atom stereocenters. The van der Waals surface area contributed by atoms with E-state index in [1.807, 2.05) is 70.2 Å². The van der Waals surface area contributed by atoms with Crippen molar-refractivity contribution in [3.63, 3.8) is 0 Å². The number of anilines is 2. The number of aromatic nitrogens is 2. The van der Waals surface area contributed by atoms with E-state index >= 15 is 0 Å². The maximum Gasteiger partial charge on any atom is 0.255 e. The predicted octanol–water partition coefficient (Wildman–Crippen LogP) is 6.22. The van der Waals surface area contributed by atoms with Crippen LogP contribution in [0.3, 0.4) is 0 Å². The molecule has 1 aliphatic rings. The molecule has 0 aliphatic carbocycles. The van der Waals surface area contributed by atoms with Crippen LogP contribution in [0.2, 0.25) is 5.02 Å². The maximum absolute atomic E-state index is 13.2. The number of rotatable bonds is 5. The van der Waals surface area contributed by atoms with Gasteiger partial charge in [0.2, 0.25) is 5.95 Å². The summed E-state index contributed by atoms with van der Waals surface area (Å²) in [5.74, 6) is 0.989. The van der Waals surface area contributed by atoms with Gasteiger partial charge in [-0.25, -0.2) is 4.98 Å². The van der Waals surface area contributed by atoms with Gasteiger partial charge in [-0.05, 0) is 57.0 Å². The molecule has 2 heterocycles. The van der Waals surface area contributed by atoms with Crippen LogP contribution < -0.4 is 15.4 Å². The Kier molecular flexibility index (Phi) is 5.48. The van der Waals surface area contributed by atoms with E-state index in [2.05, 4.69) is 15.6 Å². The second-order valence-corrected chi connectivity index (χ2v) is 9.93. The van der Waals surface area contributed by atoms with E-state index in [0.29, 0.717) is 40.8 Å². The zero-order chi connectivity index (χ0) is 24.0. The van der Waals surface area contributed by atoms with Crippen LogP contribution in [0.1, 0.15) is 46.5 Å². The van der Waals surface area contributed by atoms with E-state index in [0.717, 1.165) is 27.9 Å². The van der Waals surface area contributed by atoms with Gasteiger partial charge in [0.05, 0.1) is 27.3 Å². The fourth-order valence-electron chi connectivity index (χ4n) is 4.28. The third-order valence-corrected chi connectivity index (χ3v) is 6.32. The van der Waals surface area contributed by atoms with Gasteiger partial charge in [-0.1, -0.05) is 47.5 Å². The number of aromatic amines is 1. The summed E-state index contributed by atoms with van der Waals surface area (Å²) in [6, 6.07) is 15.7. The average molecular weight is 475 g/mol. The van der Waals surface area contributed by atoms with Crippen molar-refractivity contribution in [3.05, 3.63) is 81.4 Å². The monoisotopic (exact) mass is 474 g/mol. The van der Waals surface area contributed by atoms with Crippen LogP contribution in [0.15, 0.2) is 48.5 Å². The third-order valence-electron chi connectivity index (χ3n) is 6.01. The first-order chi connectivity index (χ1) is 16.2. The molecule has 0 bridgehead atoms. The van der Waals surface area contributed by atoms with E-state index in [1.165, 1.54) is 5.56 Å². The highest BCUT2D eigenvalue weighted by Crippen LogP contribution is 2.42. The first-order valence-corrected chi connectivity index (χ1v) is 11.7. The summed E-state index contributed by atoms with van der Waals surface area (Å²) in [5, 5.41) is 6.90. The van der Waals surface area contributed by atoms with Gasteiger partial charge in [-0.15, -0.1) is 0 Å². The Morgan fingerprint density at radius 3 is 2.59 bits per heavy atom. The number of carbonyl (C=O) groups excluding carboxylic acids is 1. The zero-order valence-corrected chi connectivity index (χ0v) is 20.4. The average Bonchev–Trinajstić information content (AvgIpc) is 3.33. The van der Waals surface area contributed by atoms with Crippen molar-refractivity contribution < 1.29 is 9.53 Å². The molecule has 0 saturated heterocycles. The molecule has 0 unspecified atom stereocenters. The summed E-state index contributed by atoms with van der Waals surface area (Å²) < 4.78 is 6.23. The molecular weight excluding hydrogens is 448 g/mol.